The molecule has 0 radical (unpaired) electrons. The molecule has 1 aliphatic heterocycles. The number of carbonyl (C=O) groups excluding carboxylic acids is 2. The maximum Gasteiger partial charge on any atom is 0.256 e. The molecule has 0 fully saturated rings. The molecular formula is C17H13NO2. The number of ketones is 1. The second-order valence-corrected chi connectivity index (χ2v) is 4.79. The largest absolute Gasteiger partial charge is 0.321 e. The third-order valence-electron chi connectivity index (χ3n) is 3.29. The van der Waals surface area contributed by atoms with Gasteiger partial charge in [0.05, 0.1) is 5.57 Å². The fourth-order valence-corrected chi connectivity index (χ4v) is 2.26. The van der Waals surface area contributed by atoms with Crippen LogP contribution in [0.2, 0.25) is 0 Å². The first-order chi connectivity index (χ1) is 9.65. The van der Waals surface area contributed by atoms with Crippen molar-refractivity contribution in [3.8, 4) is 0 Å². The molecule has 0 bridgehead atoms. The molecule has 0 unspecified atom stereocenters. The fraction of sp³-hybridized carbons (Fsp3) is 0.0588. The van der Waals surface area contributed by atoms with E-state index in [1.54, 1.807) is 24.3 Å². The fourth-order valence-electron chi connectivity index (χ4n) is 2.26. The second kappa shape index (κ2) is 4.78. The highest BCUT2D eigenvalue weighted by Gasteiger charge is 2.24. The van der Waals surface area contributed by atoms with Gasteiger partial charge in [-0.25, -0.2) is 0 Å². The van der Waals surface area contributed by atoms with Crippen LogP contribution in [-0.2, 0) is 4.79 Å². The molecule has 3 rings (SSSR count). The Bertz CT molecular complexity index is 730. The number of carbonyl (C=O) groups is 2. The van der Waals surface area contributed by atoms with Gasteiger partial charge in [0.1, 0.15) is 0 Å². The van der Waals surface area contributed by atoms with Crippen LogP contribution in [0.25, 0.3) is 5.57 Å². The van der Waals surface area contributed by atoms with E-state index < -0.39 is 0 Å². The van der Waals surface area contributed by atoms with Crippen molar-refractivity contribution < 1.29 is 9.59 Å². The van der Waals surface area contributed by atoms with Gasteiger partial charge in [-0.15, -0.1) is 0 Å². The number of benzene rings is 2. The summed E-state index contributed by atoms with van der Waals surface area (Å²) in [5, 5.41) is 2.77. The van der Waals surface area contributed by atoms with Crippen molar-refractivity contribution in [2.75, 3.05) is 5.32 Å². The highest BCUT2D eigenvalue weighted by atomic mass is 16.2. The number of amides is 1. The third-order valence-corrected chi connectivity index (χ3v) is 3.29. The monoisotopic (exact) mass is 263 g/mol. The van der Waals surface area contributed by atoms with Crippen LogP contribution in [0.1, 0.15) is 21.5 Å². The molecule has 1 heterocycles. The lowest BCUT2D eigenvalue weighted by Gasteiger charge is -2.00. The minimum atomic E-state index is -0.227. The second-order valence-electron chi connectivity index (χ2n) is 4.79. The summed E-state index contributed by atoms with van der Waals surface area (Å²) in [6.45, 7) is 1.96. The Morgan fingerprint density at radius 1 is 1.10 bits per heavy atom. The normalized spacial score (nSPS) is 15.1. The predicted molar refractivity (Wildman–Crippen MR) is 78.6 cm³/mol. The molecule has 0 aliphatic carbocycles. The summed E-state index contributed by atoms with van der Waals surface area (Å²) < 4.78 is 0. The molecule has 0 saturated carbocycles. The highest BCUT2D eigenvalue weighted by molar-refractivity contribution is 6.35. The first-order valence-corrected chi connectivity index (χ1v) is 6.38. The van der Waals surface area contributed by atoms with Crippen molar-refractivity contribution in [3.63, 3.8) is 0 Å². The van der Waals surface area contributed by atoms with E-state index in [0.29, 0.717) is 11.1 Å². The Morgan fingerprint density at radius 2 is 1.85 bits per heavy atom. The summed E-state index contributed by atoms with van der Waals surface area (Å²) in [5.41, 5.74) is 3.61. The van der Waals surface area contributed by atoms with Crippen molar-refractivity contribution in [2.45, 2.75) is 6.92 Å². The standard InChI is InChI=1S/C17H13NO2/c1-11-7-8-15-13(9-11)14(17(20)18-15)10-16(19)12-5-3-2-4-6-12/h2-10H,1H3,(H,18,20)/b14-10-. The maximum atomic E-state index is 12.2. The molecule has 0 aromatic heterocycles. The van der Waals surface area contributed by atoms with Gasteiger partial charge in [-0.2, -0.15) is 0 Å². The number of nitrogens with one attached hydrogen (secondary N) is 1. The minimum Gasteiger partial charge on any atom is -0.321 e. The van der Waals surface area contributed by atoms with E-state index in [-0.39, 0.29) is 11.7 Å². The van der Waals surface area contributed by atoms with Crippen molar-refractivity contribution in [1.82, 2.24) is 0 Å². The number of hydrogen-bond acceptors (Lipinski definition) is 2. The minimum absolute atomic E-state index is 0.162. The number of anilines is 1. The van der Waals surface area contributed by atoms with Crippen LogP contribution in [0.3, 0.4) is 0 Å². The molecule has 0 saturated heterocycles. The zero-order valence-electron chi connectivity index (χ0n) is 11.0. The van der Waals surface area contributed by atoms with Crippen molar-refractivity contribution in [2.24, 2.45) is 0 Å². The van der Waals surface area contributed by atoms with E-state index >= 15 is 0 Å². The van der Waals surface area contributed by atoms with Crippen LogP contribution in [0.4, 0.5) is 5.69 Å². The first-order valence-electron chi connectivity index (χ1n) is 6.38. The molecule has 1 N–H and O–H groups in total. The third kappa shape index (κ3) is 2.14. The van der Waals surface area contributed by atoms with Gasteiger partial charge in [0.15, 0.2) is 5.78 Å². The van der Waals surface area contributed by atoms with Gasteiger partial charge in [0.25, 0.3) is 5.91 Å². The van der Waals surface area contributed by atoms with Gasteiger partial charge in [0, 0.05) is 16.8 Å². The Balaban J connectivity index is 2.03. The van der Waals surface area contributed by atoms with Crippen LogP contribution in [0, 0.1) is 6.92 Å². The van der Waals surface area contributed by atoms with Gasteiger partial charge < -0.3 is 5.32 Å². The van der Waals surface area contributed by atoms with Gasteiger partial charge in [-0.3, -0.25) is 9.59 Å². The lowest BCUT2D eigenvalue weighted by atomic mass is 10.0. The van der Waals surface area contributed by atoms with Gasteiger partial charge >= 0.3 is 0 Å². The van der Waals surface area contributed by atoms with Crippen LogP contribution in [0.15, 0.2) is 54.6 Å². The molecule has 3 heteroatoms. The zero-order chi connectivity index (χ0) is 14.1. The van der Waals surface area contributed by atoms with E-state index in [1.165, 1.54) is 6.08 Å². The number of rotatable bonds is 2. The molecule has 2 aromatic rings. The highest BCUT2D eigenvalue weighted by Crippen LogP contribution is 2.32. The first kappa shape index (κ1) is 12.4. The van der Waals surface area contributed by atoms with Crippen molar-refractivity contribution in [1.29, 1.82) is 0 Å². The summed E-state index contributed by atoms with van der Waals surface area (Å²) in [6.07, 6.45) is 1.41. The summed E-state index contributed by atoms with van der Waals surface area (Å²) in [5.74, 6) is -0.389. The van der Waals surface area contributed by atoms with Crippen LogP contribution in [-0.4, -0.2) is 11.7 Å². The topological polar surface area (TPSA) is 46.2 Å². The Kier molecular flexibility index (Phi) is 2.95. The van der Waals surface area contributed by atoms with Crippen LogP contribution in [0.5, 0.6) is 0 Å². The molecule has 1 amide bonds. The lowest BCUT2D eigenvalue weighted by molar-refractivity contribution is -0.110. The Morgan fingerprint density at radius 3 is 2.60 bits per heavy atom. The molecule has 98 valence electrons. The van der Waals surface area contributed by atoms with Gasteiger partial charge in [0.2, 0.25) is 0 Å². The van der Waals surface area contributed by atoms with Crippen LogP contribution >= 0.6 is 0 Å². The zero-order valence-corrected chi connectivity index (χ0v) is 11.0. The summed E-state index contributed by atoms with van der Waals surface area (Å²) in [7, 11) is 0. The van der Waals surface area contributed by atoms with Crippen LogP contribution < -0.4 is 5.32 Å². The summed E-state index contributed by atoms with van der Waals surface area (Å²) >= 11 is 0. The summed E-state index contributed by atoms with van der Waals surface area (Å²) in [6, 6.07) is 14.6. The average molecular weight is 263 g/mol. The number of allylic oxidation sites excluding steroid dienone is 1. The van der Waals surface area contributed by atoms with E-state index in [9.17, 15) is 9.59 Å². The number of aryl methyl sites for hydroxylation is 1. The van der Waals surface area contributed by atoms with E-state index in [2.05, 4.69) is 5.32 Å². The predicted octanol–water partition coefficient (Wildman–Crippen LogP) is 3.21. The van der Waals surface area contributed by atoms with Crippen molar-refractivity contribution in [3.05, 3.63) is 71.3 Å². The summed E-state index contributed by atoms with van der Waals surface area (Å²) in [4.78, 5) is 24.2. The molecule has 2 aromatic carbocycles. The molecule has 3 nitrogen and oxygen atoms in total. The number of hydrogen-bond donors (Lipinski definition) is 1. The molecule has 20 heavy (non-hydrogen) atoms. The molecular weight excluding hydrogens is 250 g/mol. The van der Waals surface area contributed by atoms with Gasteiger partial charge in [-0.05, 0) is 25.1 Å². The van der Waals surface area contributed by atoms with Crippen molar-refractivity contribution >= 4 is 23.0 Å². The molecule has 1 aliphatic rings. The average Bonchev–Trinajstić information content (AvgIpc) is 2.76. The Labute approximate surface area is 116 Å². The van der Waals surface area contributed by atoms with E-state index in [0.717, 1.165) is 16.8 Å². The quantitative estimate of drug-likeness (QED) is 0.668. The molecule has 0 spiro atoms. The van der Waals surface area contributed by atoms with E-state index in [1.807, 2.05) is 31.2 Å². The number of fused-ring (bicyclic) bond motifs is 1. The lowest BCUT2D eigenvalue weighted by Crippen LogP contribution is -2.05. The SMILES string of the molecule is Cc1ccc2c(c1)/C(=C/C(=O)c1ccccc1)C(=O)N2. The maximum absolute atomic E-state index is 12.2. The van der Waals surface area contributed by atoms with E-state index in [4.69, 9.17) is 0 Å². The smallest absolute Gasteiger partial charge is 0.256 e. The Hall–Kier alpha value is -2.68. The molecule has 0 atom stereocenters. The van der Waals surface area contributed by atoms with Gasteiger partial charge in [-0.1, -0.05) is 42.0 Å².